The van der Waals surface area contributed by atoms with Crippen molar-refractivity contribution in [3.8, 4) is 16.9 Å². The van der Waals surface area contributed by atoms with Gasteiger partial charge in [0.2, 0.25) is 0 Å². The van der Waals surface area contributed by atoms with Gasteiger partial charge in [0.15, 0.2) is 0 Å². The van der Waals surface area contributed by atoms with Gasteiger partial charge in [-0.2, -0.15) is 0 Å². The van der Waals surface area contributed by atoms with E-state index in [9.17, 15) is 9.90 Å². The van der Waals surface area contributed by atoms with E-state index in [1.165, 1.54) is 0 Å². The third-order valence-corrected chi connectivity index (χ3v) is 3.33. The van der Waals surface area contributed by atoms with Crippen molar-refractivity contribution in [2.24, 2.45) is 0 Å². The molecular weight excluding hydrogens is 250 g/mol. The number of rotatable bonds is 2. The Bertz CT molecular complexity index is 862. The van der Waals surface area contributed by atoms with Crippen LogP contribution in [0.2, 0.25) is 0 Å². The molecule has 0 amide bonds. The van der Waals surface area contributed by atoms with Crippen molar-refractivity contribution in [3.63, 3.8) is 0 Å². The third kappa shape index (κ3) is 1.89. The summed E-state index contributed by atoms with van der Waals surface area (Å²) in [4.78, 5) is 15.0. The van der Waals surface area contributed by atoms with Gasteiger partial charge < -0.3 is 10.1 Å². The standard InChI is InChI=1S/C17H13NO2/c1-2-11-6-3-4-8-13(11)14-10-12-7-5-9-15(19)16(12)18-17(14)20/h2-10,19H,1H2,(H,18,20). The van der Waals surface area contributed by atoms with E-state index in [1.54, 1.807) is 24.3 Å². The number of nitrogens with one attached hydrogen (secondary N) is 1. The van der Waals surface area contributed by atoms with Crippen LogP contribution in [0.1, 0.15) is 5.56 Å². The first-order chi connectivity index (χ1) is 9.70. The molecule has 3 heteroatoms. The normalized spacial score (nSPS) is 10.6. The number of benzene rings is 2. The first-order valence-electron chi connectivity index (χ1n) is 6.27. The number of aromatic hydroxyl groups is 1. The van der Waals surface area contributed by atoms with Gasteiger partial charge in [-0.25, -0.2) is 0 Å². The molecule has 0 bridgehead atoms. The van der Waals surface area contributed by atoms with Crippen molar-refractivity contribution in [1.29, 1.82) is 0 Å². The van der Waals surface area contributed by atoms with Crippen LogP contribution in [0.3, 0.4) is 0 Å². The molecule has 0 aliphatic heterocycles. The van der Waals surface area contributed by atoms with Crippen molar-refractivity contribution in [3.05, 3.63) is 71.0 Å². The van der Waals surface area contributed by atoms with Crippen molar-refractivity contribution in [2.75, 3.05) is 0 Å². The summed E-state index contributed by atoms with van der Waals surface area (Å²) in [6.07, 6.45) is 1.72. The minimum absolute atomic E-state index is 0.0724. The second kappa shape index (κ2) is 4.70. The highest BCUT2D eigenvalue weighted by molar-refractivity contribution is 5.88. The fourth-order valence-corrected chi connectivity index (χ4v) is 2.34. The Morgan fingerprint density at radius 2 is 1.85 bits per heavy atom. The summed E-state index contributed by atoms with van der Waals surface area (Å²) >= 11 is 0. The van der Waals surface area contributed by atoms with Gasteiger partial charge in [0.1, 0.15) is 5.75 Å². The van der Waals surface area contributed by atoms with E-state index in [1.807, 2.05) is 30.3 Å². The Kier molecular flexibility index (Phi) is 2.88. The number of hydrogen-bond donors (Lipinski definition) is 2. The Morgan fingerprint density at radius 3 is 2.65 bits per heavy atom. The van der Waals surface area contributed by atoms with E-state index < -0.39 is 0 Å². The summed E-state index contributed by atoms with van der Waals surface area (Å²) in [5.41, 5.74) is 2.52. The second-order valence-electron chi connectivity index (χ2n) is 4.54. The molecule has 20 heavy (non-hydrogen) atoms. The van der Waals surface area contributed by atoms with Crippen LogP contribution in [0, 0.1) is 0 Å². The van der Waals surface area contributed by atoms with Crippen LogP contribution in [0.25, 0.3) is 28.1 Å². The summed E-state index contributed by atoms with van der Waals surface area (Å²) in [6, 6.07) is 14.5. The van der Waals surface area contributed by atoms with E-state index in [4.69, 9.17) is 0 Å². The predicted molar refractivity (Wildman–Crippen MR) is 81.8 cm³/mol. The Labute approximate surface area is 115 Å². The van der Waals surface area contributed by atoms with Crippen LogP contribution in [-0.4, -0.2) is 10.1 Å². The number of fused-ring (bicyclic) bond motifs is 1. The third-order valence-electron chi connectivity index (χ3n) is 3.33. The number of aromatic nitrogens is 1. The maximum absolute atomic E-state index is 12.3. The van der Waals surface area contributed by atoms with Crippen LogP contribution in [0.15, 0.2) is 59.9 Å². The lowest BCUT2D eigenvalue weighted by atomic mass is 9.99. The number of aromatic amines is 1. The average molecular weight is 263 g/mol. The van der Waals surface area contributed by atoms with E-state index in [0.717, 1.165) is 16.5 Å². The first-order valence-corrected chi connectivity index (χ1v) is 6.27. The minimum Gasteiger partial charge on any atom is -0.506 e. The Hall–Kier alpha value is -2.81. The quantitative estimate of drug-likeness (QED) is 0.743. The molecule has 0 aliphatic rings. The van der Waals surface area contributed by atoms with Crippen LogP contribution < -0.4 is 5.56 Å². The van der Waals surface area contributed by atoms with Crippen LogP contribution >= 0.6 is 0 Å². The summed E-state index contributed by atoms with van der Waals surface area (Å²) in [7, 11) is 0. The molecule has 1 heterocycles. The average Bonchev–Trinajstić information content (AvgIpc) is 2.48. The van der Waals surface area contributed by atoms with Gasteiger partial charge in [-0.05, 0) is 23.3 Å². The number of H-pyrrole nitrogens is 1. The first kappa shape index (κ1) is 12.2. The summed E-state index contributed by atoms with van der Waals surface area (Å²) in [5.74, 6) is 0.0724. The van der Waals surface area contributed by atoms with Crippen LogP contribution in [0.5, 0.6) is 5.75 Å². The summed E-state index contributed by atoms with van der Waals surface area (Å²) in [5, 5.41) is 10.6. The van der Waals surface area contributed by atoms with Gasteiger partial charge >= 0.3 is 0 Å². The molecule has 0 saturated carbocycles. The molecule has 3 nitrogen and oxygen atoms in total. The number of phenols is 1. The highest BCUT2D eigenvalue weighted by Gasteiger charge is 2.09. The van der Waals surface area contributed by atoms with Crippen molar-refractivity contribution >= 4 is 17.0 Å². The van der Waals surface area contributed by atoms with Crippen LogP contribution in [-0.2, 0) is 0 Å². The monoisotopic (exact) mass is 263 g/mol. The molecule has 1 aromatic heterocycles. The van der Waals surface area contributed by atoms with Gasteiger partial charge in [-0.15, -0.1) is 0 Å². The zero-order valence-corrected chi connectivity index (χ0v) is 10.8. The molecule has 0 spiro atoms. The molecule has 0 atom stereocenters. The molecule has 2 aromatic carbocycles. The highest BCUT2D eigenvalue weighted by Crippen LogP contribution is 2.26. The van der Waals surface area contributed by atoms with Crippen molar-refractivity contribution in [1.82, 2.24) is 4.98 Å². The molecule has 3 aromatic rings. The summed E-state index contributed by atoms with van der Waals surface area (Å²) in [6.45, 7) is 3.77. The van der Waals surface area contributed by atoms with Gasteiger partial charge in [-0.3, -0.25) is 4.79 Å². The van der Waals surface area contributed by atoms with Gasteiger partial charge in [0.05, 0.1) is 5.52 Å². The molecule has 3 rings (SSSR count). The molecule has 0 radical (unpaired) electrons. The lowest BCUT2D eigenvalue weighted by Gasteiger charge is -2.07. The van der Waals surface area contributed by atoms with Gasteiger partial charge in [0.25, 0.3) is 5.56 Å². The number of pyridine rings is 1. The molecule has 2 N–H and O–H groups in total. The fraction of sp³-hybridized carbons (Fsp3) is 0. The predicted octanol–water partition coefficient (Wildman–Crippen LogP) is 3.54. The van der Waals surface area contributed by atoms with Gasteiger partial charge in [0, 0.05) is 10.9 Å². The Morgan fingerprint density at radius 1 is 1.05 bits per heavy atom. The molecular formula is C17H13NO2. The number of hydrogen-bond acceptors (Lipinski definition) is 2. The molecule has 0 aliphatic carbocycles. The molecule has 0 saturated heterocycles. The van der Waals surface area contributed by atoms with E-state index in [0.29, 0.717) is 11.1 Å². The lowest BCUT2D eigenvalue weighted by Crippen LogP contribution is -2.09. The zero-order chi connectivity index (χ0) is 14.1. The topological polar surface area (TPSA) is 53.1 Å². The maximum atomic E-state index is 12.3. The zero-order valence-electron chi connectivity index (χ0n) is 10.8. The van der Waals surface area contributed by atoms with Crippen molar-refractivity contribution < 1.29 is 5.11 Å². The smallest absolute Gasteiger partial charge is 0.256 e. The highest BCUT2D eigenvalue weighted by atomic mass is 16.3. The summed E-state index contributed by atoms with van der Waals surface area (Å²) < 4.78 is 0. The Balaban J connectivity index is 2.35. The van der Waals surface area contributed by atoms with Crippen LogP contribution in [0.4, 0.5) is 0 Å². The van der Waals surface area contributed by atoms with Gasteiger partial charge in [-0.1, -0.05) is 49.1 Å². The second-order valence-corrected chi connectivity index (χ2v) is 4.54. The van der Waals surface area contributed by atoms with Crippen molar-refractivity contribution in [2.45, 2.75) is 0 Å². The molecule has 98 valence electrons. The van der Waals surface area contributed by atoms with E-state index in [-0.39, 0.29) is 11.3 Å². The molecule has 0 fully saturated rings. The molecule has 0 unspecified atom stereocenters. The maximum Gasteiger partial charge on any atom is 0.256 e. The van der Waals surface area contributed by atoms with E-state index in [2.05, 4.69) is 11.6 Å². The number of para-hydroxylation sites is 1. The van der Waals surface area contributed by atoms with E-state index >= 15 is 0 Å². The minimum atomic E-state index is -0.228. The fourth-order valence-electron chi connectivity index (χ4n) is 2.34. The largest absolute Gasteiger partial charge is 0.506 e. The number of phenolic OH excluding ortho intramolecular Hbond substituents is 1. The SMILES string of the molecule is C=Cc1ccccc1-c1cc2cccc(O)c2[nH]c1=O. The lowest BCUT2D eigenvalue weighted by molar-refractivity contribution is 0.480.